The second-order valence-corrected chi connectivity index (χ2v) is 5.40. The molecule has 1 aromatic rings. The van der Waals surface area contributed by atoms with Gasteiger partial charge in [-0.3, -0.25) is 9.69 Å². The molecule has 1 aliphatic heterocycles. The lowest BCUT2D eigenvalue weighted by molar-refractivity contribution is 0.0642. The molecule has 0 unspecified atom stereocenters. The van der Waals surface area contributed by atoms with Crippen LogP contribution in [0.5, 0.6) is 0 Å². The average Bonchev–Trinajstić information content (AvgIpc) is 2.47. The molecule has 1 aliphatic rings. The number of hydrogen-bond donors (Lipinski definition) is 0. The SMILES string of the molecule is CCc1nnc(C)cc1C(=O)N1CCN(CCCl)CC1. The van der Waals surface area contributed by atoms with Gasteiger partial charge in [0.1, 0.15) is 0 Å². The van der Waals surface area contributed by atoms with E-state index >= 15 is 0 Å². The fourth-order valence-electron chi connectivity index (χ4n) is 2.42. The van der Waals surface area contributed by atoms with Gasteiger partial charge in [-0.1, -0.05) is 6.92 Å². The lowest BCUT2D eigenvalue weighted by Crippen LogP contribution is -2.49. The van der Waals surface area contributed by atoms with Crippen LogP contribution in [0.4, 0.5) is 0 Å². The third kappa shape index (κ3) is 3.46. The van der Waals surface area contributed by atoms with Gasteiger partial charge in [-0.15, -0.1) is 11.6 Å². The van der Waals surface area contributed by atoms with E-state index in [1.807, 2.05) is 24.8 Å². The van der Waals surface area contributed by atoms with Crippen LogP contribution in [0.3, 0.4) is 0 Å². The Labute approximate surface area is 124 Å². The summed E-state index contributed by atoms with van der Waals surface area (Å²) in [6.07, 6.45) is 0.723. The van der Waals surface area contributed by atoms with Crippen molar-refractivity contribution in [1.29, 1.82) is 0 Å². The monoisotopic (exact) mass is 296 g/mol. The summed E-state index contributed by atoms with van der Waals surface area (Å²) < 4.78 is 0. The fourth-order valence-corrected chi connectivity index (χ4v) is 2.66. The summed E-state index contributed by atoms with van der Waals surface area (Å²) in [6, 6.07) is 1.85. The minimum absolute atomic E-state index is 0.0744. The van der Waals surface area contributed by atoms with Crippen molar-refractivity contribution in [2.75, 3.05) is 38.6 Å². The van der Waals surface area contributed by atoms with Gasteiger partial charge in [-0.2, -0.15) is 10.2 Å². The second kappa shape index (κ2) is 6.99. The third-order valence-electron chi connectivity index (χ3n) is 3.62. The van der Waals surface area contributed by atoms with Gasteiger partial charge in [0.2, 0.25) is 0 Å². The van der Waals surface area contributed by atoms with Crippen molar-refractivity contribution in [2.45, 2.75) is 20.3 Å². The number of amides is 1. The van der Waals surface area contributed by atoms with Crippen LogP contribution in [0, 0.1) is 6.92 Å². The second-order valence-electron chi connectivity index (χ2n) is 5.02. The summed E-state index contributed by atoms with van der Waals surface area (Å²) in [5.74, 6) is 0.715. The van der Waals surface area contributed by atoms with Crippen LogP contribution in [0.2, 0.25) is 0 Å². The van der Waals surface area contributed by atoms with Crippen LogP contribution in [0.15, 0.2) is 6.07 Å². The summed E-state index contributed by atoms with van der Waals surface area (Å²) in [7, 11) is 0. The Morgan fingerprint density at radius 1 is 1.30 bits per heavy atom. The van der Waals surface area contributed by atoms with Gasteiger partial charge in [0.05, 0.1) is 17.0 Å². The summed E-state index contributed by atoms with van der Waals surface area (Å²) in [5.41, 5.74) is 2.26. The largest absolute Gasteiger partial charge is 0.336 e. The predicted molar refractivity (Wildman–Crippen MR) is 79.2 cm³/mol. The Hall–Kier alpha value is -1.20. The van der Waals surface area contributed by atoms with Gasteiger partial charge in [-0.05, 0) is 19.4 Å². The first kappa shape index (κ1) is 15.2. The molecule has 0 aliphatic carbocycles. The molecule has 2 heterocycles. The summed E-state index contributed by atoms with van der Waals surface area (Å²) in [5, 5.41) is 8.16. The molecule has 0 bridgehead atoms. The number of aromatic nitrogens is 2. The average molecular weight is 297 g/mol. The molecular weight excluding hydrogens is 276 g/mol. The van der Waals surface area contributed by atoms with Crippen LogP contribution < -0.4 is 0 Å². The van der Waals surface area contributed by atoms with Gasteiger partial charge in [0.25, 0.3) is 5.91 Å². The van der Waals surface area contributed by atoms with E-state index in [0.717, 1.165) is 50.5 Å². The zero-order valence-electron chi connectivity index (χ0n) is 12.1. The zero-order valence-corrected chi connectivity index (χ0v) is 12.9. The van der Waals surface area contributed by atoms with E-state index in [4.69, 9.17) is 11.6 Å². The topological polar surface area (TPSA) is 49.3 Å². The van der Waals surface area contributed by atoms with Crippen molar-refractivity contribution in [2.24, 2.45) is 0 Å². The number of hydrogen-bond acceptors (Lipinski definition) is 4. The number of alkyl halides is 1. The molecule has 0 saturated carbocycles. The Balaban J connectivity index is 2.07. The first-order valence-electron chi connectivity index (χ1n) is 7.06. The molecule has 110 valence electrons. The van der Waals surface area contributed by atoms with Gasteiger partial charge >= 0.3 is 0 Å². The maximum Gasteiger partial charge on any atom is 0.255 e. The van der Waals surface area contributed by atoms with Crippen LogP contribution in [-0.4, -0.2) is 64.5 Å². The van der Waals surface area contributed by atoms with Crippen molar-refractivity contribution in [3.8, 4) is 0 Å². The van der Waals surface area contributed by atoms with Gasteiger partial charge in [-0.25, -0.2) is 0 Å². The number of halogens is 1. The highest BCUT2D eigenvalue weighted by Gasteiger charge is 2.24. The maximum atomic E-state index is 12.6. The van der Waals surface area contributed by atoms with Crippen molar-refractivity contribution in [3.63, 3.8) is 0 Å². The molecule has 5 nitrogen and oxygen atoms in total. The molecule has 1 aromatic heterocycles. The van der Waals surface area contributed by atoms with E-state index in [-0.39, 0.29) is 5.91 Å². The highest BCUT2D eigenvalue weighted by Crippen LogP contribution is 2.13. The fraction of sp³-hybridized carbons (Fsp3) is 0.643. The van der Waals surface area contributed by atoms with E-state index in [0.29, 0.717) is 11.4 Å². The number of rotatable bonds is 4. The number of carbonyl (C=O) groups is 1. The lowest BCUT2D eigenvalue weighted by Gasteiger charge is -2.34. The lowest BCUT2D eigenvalue weighted by atomic mass is 10.1. The zero-order chi connectivity index (χ0) is 14.5. The molecule has 0 spiro atoms. The Morgan fingerprint density at radius 2 is 2.00 bits per heavy atom. The van der Waals surface area contributed by atoms with Crippen molar-refractivity contribution >= 4 is 17.5 Å². The molecule has 0 atom stereocenters. The maximum absolute atomic E-state index is 12.6. The van der Waals surface area contributed by atoms with Crippen molar-refractivity contribution < 1.29 is 4.79 Å². The Morgan fingerprint density at radius 3 is 2.60 bits per heavy atom. The van der Waals surface area contributed by atoms with Crippen molar-refractivity contribution in [3.05, 3.63) is 23.0 Å². The predicted octanol–water partition coefficient (Wildman–Crippen LogP) is 1.34. The highest BCUT2D eigenvalue weighted by atomic mass is 35.5. The molecule has 6 heteroatoms. The minimum Gasteiger partial charge on any atom is -0.336 e. The van der Waals surface area contributed by atoms with E-state index < -0.39 is 0 Å². The van der Waals surface area contributed by atoms with E-state index in [1.54, 1.807) is 0 Å². The smallest absolute Gasteiger partial charge is 0.255 e. The number of nitrogens with zero attached hydrogens (tertiary/aromatic N) is 4. The first-order chi connectivity index (χ1) is 9.65. The molecule has 0 aromatic carbocycles. The van der Waals surface area contributed by atoms with E-state index in [1.165, 1.54) is 0 Å². The van der Waals surface area contributed by atoms with Gasteiger partial charge in [0, 0.05) is 38.6 Å². The molecule has 0 N–H and O–H groups in total. The summed E-state index contributed by atoms with van der Waals surface area (Å²) in [4.78, 5) is 16.8. The number of piperazine rings is 1. The number of aryl methyl sites for hydroxylation is 2. The Kier molecular flexibility index (Phi) is 5.31. The Bertz CT molecular complexity index is 472. The van der Waals surface area contributed by atoms with Gasteiger partial charge in [0.15, 0.2) is 0 Å². The minimum atomic E-state index is 0.0744. The molecule has 1 amide bonds. The summed E-state index contributed by atoms with van der Waals surface area (Å²) >= 11 is 5.75. The van der Waals surface area contributed by atoms with Crippen LogP contribution in [0.25, 0.3) is 0 Å². The molecule has 0 radical (unpaired) electrons. The quantitative estimate of drug-likeness (QED) is 0.787. The summed E-state index contributed by atoms with van der Waals surface area (Å²) in [6.45, 7) is 8.02. The third-order valence-corrected chi connectivity index (χ3v) is 3.79. The molecule has 2 rings (SSSR count). The van der Waals surface area contributed by atoms with E-state index in [9.17, 15) is 4.79 Å². The highest BCUT2D eigenvalue weighted by molar-refractivity contribution is 6.18. The van der Waals surface area contributed by atoms with Crippen LogP contribution in [-0.2, 0) is 6.42 Å². The molecular formula is C14H21ClN4O. The molecule has 20 heavy (non-hydrogen) atoms. The standard InChI is InChI=1S/C14H21ClN4O/c1-3-13-12(10-11(2)16-17-13)14(20)19-8-6-18(5-4-15)7-9-19/h10H,3-9H2,1-2H3. The van der Waals surface area contributed by atoms with Crippen molar-refractivity contribution in [1.82, 2.24) is 20.0 Å². The molecule has 1 fully saturated rings. The molecule has 1 saturated heterocycles. The number of carbonyl (C=O) groups excluding carboxylic acids is 1. The van der Waals surface area contributed by atoms with E-state index in [2.05, 4.69) is 15.1 Å². The normalized spacial score (nSPS) is 16.4. The van der Waals surface area contributed by atoms with Crippen LogP contribution in [0.1, 0.15) is 28.7 Å². The van der Waals surface area contributed by atoms with Gasteiger partial charge < -0.3 is 4.90 Å². The van der Waals surface area contributed by atoms with Crippen LogP contribution >= 0.6 is 11.6 Å². The first-order valence-corrected chi connectivity index (χ1v) is 7.60.